The molecule has 0 fully saturated rings. The van der Waals surface area contributed by atoms with Gasteiger partial charge in [0.15, 0.2) is 11.5 Å². The molecule has 1 aliphatic heterocycles. The van der Waals surface area contributed by atoms with Crippen LogP contribution >= 0.6 is 27.7 Å². The van der Waals surface area contributed by atoms with Crippen LogP contribution in [0.5, 0.6) is 11.5 Å². The maximum absolute atomic E-state index is 12.1. The molecule has 0 spiro atoms. The maximum atomic E-state index is 12.1. The van der Waals surface area contributed by atoms with Crippen LogP contribution in [0.4, 0.5) is 5.69 Å². The largest absolute Gasteiger partial charge is 0.454 e. The van der Waals surface area contributed by atoms with Crippen molar-refractivity contribution in [3.63, 3.8) is 0 Å². The summed E-state index contributed by atoms with van der Waals surface area (Å²) in [6.45, 7) is 4.31. The minimum Gasteiger partial charge on any atom is -0.454 e. The monoisotopic (exact) mass is 407 g/mol. The molecule has 6 heteroatoms. The molecule has 126 valence electrons. The number of anilines is 1. The SMILES string of the molecule is Cc1cc(C)cc(NC(=O)CSCc2cc3c(cc2Br)OCO3)c1. The first-order valence-electron chi connectivity index (χ1n) is 7.55. The van der Waals surface area contributed by atoms with E-state index in [-0.39, 0.29) is 12.7 Å². The predicted octanol–water partition coefficient (Wildman–Crippen LogP) is 4.67. The van der Waals surface area contributed by atoms with Gasteiger partial charge in [-0.15, -0.1) is 11.8 Å². The molecule has 2 aromatic rings. The number of halogens is 1. The quantitative estimate of drug-likeness (QED) is 0.782. The van der Waals surface area contributed by atoms with Gasteiger partial charge in [-0.1, -0.05) is 22.0 Å². The number of fused-ring (bicyclic) bond motifs is 1. The Kier molecular flexibility index (Phi) is 5.36. The molecule has 1 aliphatic rings. The Bertz CT molecular complexity index is 759. The molecule has 0 saturated carbocycles. The topological polar surface area (TPSA) is 47.6 Å². The van der Waals surface area contributed by atoms with Crippen LogP contribution in [0.15, 0.2) is 34.8 Å². The molecule has 0 bridgehead atoms. The summed E-state index contributed by atoms with van der Waals surface area (Å²) in [7, 11) is 0. The Balaban J connectivity index is 1.54. The van der Waals surface area contributed by atoms with E-state index in [0.717, 1.165) is 44.1 Å². The van der Waals surface area contributed by atoms with Crippen LogP contribution < -0.4 is 14.8 Å². The number of amides is 1. The van der Waals surface area contributed by atoms with Gasteiger partial charge in [0.1, 0.15) is 0 Å². The molecule has 0 radical (unpaired) electrons. The zero-order valence-corrected chi connectivity index (χ0v) is 15.9. The summed E-state index contributed by atoms with van der Waals surface area (Å²) in [5.74, 6) is 2.63. The molecular weight excluding hydrogens is 390 g/mol. The van der Waals surface area contributed by atoms with Crippen LogP contribution in [0.3, 0.4) is 0 Å². The zero-order valence-electron chi connectivity index (χ0n) is 13.5. The van der Waals surface area contributed by atoms with Gasteiger partial charge in [0.25, 0.3) is 0 Å². The van der Waals surface area contributed by atoms with E-state index >= 15 is 0 Å². The summed E-state index contributed by atoms with van der Waals surface area (Å²) >= 11 is 5.10. The number of rotatable bonds is 5. The van der Waals surface area contributed by atoms with Crippen molar-refractivity contribution in [3.8, 4) is 11.5 Å². The Morgan fingerprint density at radius 3 is 2.50 bits per heavy atom. The van der Waals surface area contributed by atoms with Gasteiger partial charge in [-0.25, -0.2) is 0 Å². The molecule has 24 heavy (non-hydrogen) atoms. The first kappa shape index (κ1) is 17.2. The molecule has 4 nitrogen and oxygen atoms in total. The van der Waals surface area contributed by atoms with Crippen LogP contribution in [-0.4, -0.2) is 18.5 Å². The average molecular weight is 408 g/mol. The number of benzene rings is 2. The molecule has 0 saturated heterocycles. The van der Waals surface area contributed by atoms with Gasteiger partial charge in [0, 0.05) is 15.9 Å². The lowest BCUT2D eigenvalue weighted by Crippen LogP contribution is -2.14. The number of carbonyl (C=O) groups is 1. The second-order valence-electron chi connectivity index (χ2n) is 5.71. The molecule has 0 atom stereocenters. The zero-order chi connectivity index (χ0) is 17.1. The number of hydrogen-bond acceptors (Lipinski definition) is 4. The van der Waals surface area contributed by atoms with Gasteiger partial charge in [-0.05, 0) is 54.8 Å². The first-order valence-corrected chi connectivity index (χ1v) is 9.50. The summed E-state index contributed by atoms with van der Waals surface area (Å²) in [4.78, 5) is 12.1. The normalized spacial score (nSPS) is 12.3. The smallest absolute Gasteiger partial charge is 0.234 e. The van der Waals surface area contributed by atoms with Crippen LogP contribution in [0, 0.1) is 13.8 Å². The van der Waals surface area contributed by atoms with E-state index in [9.17, 15) is 4.79 Å². The van der Waals surface area contributed by atoms with Crippen molar-refractivity contribution < 1.29 is 14.3 Å². The van der Waals surface area contributed by atoms with Gasteiger partial charge in [-0.3, -0.25) is 4.79 Å². The molecule has 2 aromatic carbocycles. The second kappa shape index (κ2) is 7.49. The summed E-state index contributed by atoms with van der Waals surface area (Å²) in [6.07, 6.45) is 0. The van der Waals surface area contributed by atoms with Gasteiger partial charge in [0.2, 0.25) is 12.7 Å². The maximum Gasteiger partial charge on any atom is 0.234 e. The highest BCUT2D eigenvalue weighted by Gasteiger charge is 2.16. The van der Waals surface area contributed by atoms with E-state index in [1.807, 2.05) is 38.1 Å². The lowest BCUT2D eigenvalue weighted by Gasteiger charge is -2.09. The molecular formula is C18H18BrNO3S. The standard InChI is InChI=1S/C18H18BrNO3S/c1-11-3-12(2)5-14(4-11)20-18(21)9-24-8-13-6-16-17(7-15(13)19)23-10-22-16/h3-7H,8-10H2,1-2H3,(H,20,21). The van der Waals surface area contributed by atoms with Crippen molar-refractivity contribution in [1.82, 2.24) is 0 Å². The lowest BCUT2D eigenvalue weighted by atomic mass is 10.1. The fraction of sp³-hybridized carbons (Fsp3) is 0.278. The number of nitrogens with one attached hydrogen (secondary N) is 1. The number of aryl methyl sites for hydroxylation is 2. The fourth-order valence-corrected chi connectivity index (χ4v) is 4.03. The lowest BCUT2D eigenvalue weighted by molar-refractivity contribution is -0.113. The van der Waals surface area contributed by atoms with Crippen molar-refractivity contribution in [2.45, 2.75) is 19.6 Å². The van der Waals surface area contributed by atoms with Crippen LogP contribution in [0.2, 0.25) is 0 Å². The first-order chi connectivity index (χ1) is 11.5. The molecule has 1 amide bonds. The van der Waals surface area contributed by atoms with E-state index in [1.165, 1.54) is 0 Å². The fourth-order valence-electron chi connectivity index (χ4n) is 2.57. The van der Waals surface area contributed by atoms with Crippen LogP contribution in [0.25, 0.3) is 0 Å². The third kappa shape index (κ3) is 4.24. The highest BCUT2D eigenvalue weighted by Crippen LogP contribution is 2.38. The van der Waals surface area contributed by atoms with Crippen molar-refractivity contribution in [2.75, 3.05) is 17.9 Å². The summed E-state index contributed by atoms with van der Waals surface area (Å²) in [5.41, 5.74) is 4.22. The summed E-state index contributed by atoms with van der Waals surface area (Å²) < 4.78 is 11.7. The van der Waals surface area contributed by atoms with E-state index in [4.69, 9.17) is 9.47 Å². The minimum atomic E-state index is 0.00173. The highest BCUT2D eigenvalue weighted by atomic mass is 79.9. The van der Waals surface area contributed by atoms with Crippen molar-refractivity contribution in [3.05, 3.63) is 51.5 Å². The van der Waals surface area contributed by atoms with E-state index in [0.29, 0.717) is 5.75 Å². The number of hydrogen-bond donors (Lipinski definition) is 1. The van der Waals surface area contributed by atoms with Crippen molar-refractivity contribution in [1.29, 1.82) is 0 Å². The second-order valence-corrected chi connectivity index (χ2v) is 7.55. The van der Waals surface area contributed by atoms with Gasteiger partial charge >= 0.3 is 0 Å². The third-order valence-electron chi connectivity index (χ3n) is 3.54. The minimum absolute atomic E-state index is 0.00173. The van der Waals surface area contributed by atoms with Gasteiger partial charge in [-0.2, -0.15) is 0 Å². The number of thioether (sulfide) groups is 1. The molecule has 1 heterocycles. The van der Waals surface area contributed by atoms with Crippen LogP contribution in [-0.2, 0) is 10.5 Å². The highest BCUT2D eigenvalue weighted by molar-refractivity contribution is 9.10. The summed E-state index contributed by atoms with van der Waals surface area (Å²) in [6, 6.07) is 9.91. The van der Waals surface area contributed by atoms with Crippen LogP contribution in [0.1, 0.15) is 16.7 Å². The summed E-state index contributed by atoms with van der Waals surface area (Å²) in [5, 5.41) is 2.95. The number of carbonyl (C=O) groups excluding carboxylic acids is 1. The number of ether oxygens (including phenoxy) is 2. The van der Waals surface area contributed by atoms with Gasteiger partial charge in [0.05, 0.1) is 5.75 Å². The molecule has 0 aromatic heterocycles. The Morgan fingerprint density at radius 2 is 1.79 bits per heavy atom. The Morgan fingerprint density at radius 1 is 1.12 bits per heavy atom. The molecule has 3 rings (SSSR count). The molecule has 1 N–H and O–H groups in total. The van der Waals surface area contributed by atoms with Crippen molar-refractivity contribution in [2.24, 2.45) is 0 Å². The van der Waals surface area contributed by atoms with Crippen molar-refractivity contribution >= 4 is 39.3 Å². The third-order valence-corrected chi connectivity index (χ3v) is 5.26. The predicted molar refractivity (Wildman–Crippen MR) is 101 cm³/mol. The van der Waals surface area contributed by atoms with E-state index < -0.39 is 0 Å². The Labute approximate surface area is 154 Å². The van der Waals surface area contributed by atoms with Gasteiger partial charge < -0.3 is 14.8 Å². The van der Waals surface area contributed by atoms with E-state index in [1.54, 1.807) is 11.8 Å². The van der Waals surface area contributed by atoms with E-state index in [2.05, 4.69) is 27.3 Å². The molecule has 0 aliphatic carbocycles. The average Bonchev–Trinajstić information content (AvgIpc) is 2.93. The Hall–Kier alpha value is -1.66. The molecule has 0 unspecified atom stereocenters.